The predicted octanol–water partition coefficient (Wildman–Crippen LogP) is 2.98. The van der Waals surface area contributed by atoms with Crippen molar-refractivity contribution >= 4 is 11.8 Å². The second kappa shape index (κ2) is 8.05. The lowest BCUT2D eigenvalue weighted by Gasteiger charge is -2.12. The van der Waals surface area contributed by atoms with E-state index in [1.165, 1.54) is 7.11 Å². The molecule has 5 nitrogen and oxygen atoms in total. The molecule has 116 valence electrons. The van der Waals surface area contributed by atoms with Crippen LogP contribution in [0.4, 0.5) is 10.5 Å². The smallest absolute Gasteiger partial charge is 0.412 e. The van der Waals surface area contributed by atoms with Gasteiger partial charge in [-0.2, -0.15) is 0 Å². The van der Waals surface area contributed by atoms with Gasteiger partial charge in [-0.25, -0.2) is 4.79 Å². The van der Waals surface area contributed by atoms with Crippen LogP contribution in [0, 0.1) is 0 Å². The van der Waals surface area contributed by atoms with Crippen molar-refractivity contribution in [2.75, 3.05) is 19.0 Å². The number of aliphatic hydroxyl groups is 1. The molecule has 1 amide bonds. The molecule has 22 heavy (non-hydrogen) atoms. The van der Waals surface area contributed by atoms with Gasteiger partial charge in [-0.15, -0.1) is 0 Å². The zero-order valence-electron chi connectivity index (χ0n) is 12.4. The number of anilines is 1. The first-order valence-corrected chi connectivity index (χ1v) is 6.98. The quantitative estimate of drug-likeness (QED) is 0.860. The molecule has 2 N–H and O–H groups in total. The molecule has 0 atom stereocenters. The van der Waals surface area contributed by atoms with Crippen molar-refractivity contribution in [1.82, 2.24) is 0 Å². The normalized spacial score (nSPS) is 10.1. The molecular formula is C17H19NO4. The highest BCUT2D eigenvalue weighted by molar-refractivity contribution is 5.86. The Morgan fingerprint density at radius 1 is 1.14 bits per heavy atom. The van der Waals surface area contributed by atoms with Gasteiger partial charge >= 0.3 is 6.09 Å². The van der Waals surface area contributed by atoms with Crippen LogP contribution in [0.3, 0.4) is 0 Å². The van der Waals surface area contributed by atoms with E-state index in [0.29, 0.717) is 17.9 Å². The van der Waals surface area contributed by atoms with Crippen LogP contribution in [-0.2, 0) is 17.8 Å². The molecule has 0 aliphatic carbocycles. The number of rotatable bonds is 6. The van der Waals surface area contributed by atoms with E-state index in [2.05, 4.69) is 5.32 Å². The second-order valence-corrected chi connectivity index (χ2v) is 4.69. The number of ether oxygens (including phenoxy) is 2. The zero-order valence-corrected chi connectivity index (χ0v) is 12.4. The van der Waals surface area contributed by atoms with E-state index in [9.17, 15) is 4.79 Å². The fraction of sp³-hybridized carbons (Fsp3) is 0.235. The molecule has 0 bridgehead atoms. The van der Waals surface area contributed by atoms with Gasteiger partial charge in [-0.05, 0) is 29.7 Å². The fourth-order valence-corrected chi connectivity index (χ4v) is 1.99. The number of methoxy groups -OCH3 is 1. The Kier molecular flexibility index (Phi) is 5.80. The van der Waals surface area contributed by atoms with E-state index in [0.717, 1.165) is 11.1 Å². The first kappa shape index (κ1) is 15.9. The molecule has 0 saturated heterocycles. The summed E-state index contributed by atoms with van der Waals surface area (Å²) in [7, 11) is 1.53. The number of benzene rings is 2. The Bertz CT molecular complexity index is 613. The molecule has 0 fully saturated rings. The Balaban J connectivity index is 1.96. The van der Waals surface area contributed by atoms with E-state index in [4.69, 9.17) is 14.6 Å². The maximum Gasteiger partial charge on any atom is 0.412 e. The van der Waals surface area contributed by atoms with Gasteiger partial charge in [0.25, 0.3) is 0 Å². The van der Waals surface area contributed by atoms with Gasteiger partial charge in [-0.1, -0.05) is 36.4 Å². The van der Waals surface area contributed by atoms with Gasteiger partial charge in [-0.3, -0.25) is 5.32 Å². The molecule has 0 spiro atoms. The number of amides is 1. The summed E-state index contributed by atoms with van der Waals surface area (Å²) in [6.07, 6.45) is -0.00759. The van der Waals surface area contributed by atoms with Crippen molar-refractivity contribution in [3.8, 4) is 5.75 Å². The third-order valence-corrected chi connectivity index (χ3v) is 3.12. The average molecular weight is 301 g/mol. The van der Waals surface area contributed by atoms with Crippen LogP contribution in [0.15, 0.2) is 48.5 Å². The monoisotopic (exact) mass is 301 g/mol. The number of nitrogens with one attached hydrogen (secondary N) is 1. The Morgan fingerprint density at radius 3 is 2.59 bits per heavy atom. The van der Waals surface area contributed by atoms with E-state index >= 15 is 0 Å². The standard InChI is InChI=1S/C17H19NO4/c1-21-16-11-13(9-10-19)7-8-15(16)18-17(20)22-12-14-5-3-2-4-6-14/h2-8,11,19H,9-10,12H2,1H3,(H,18,20). The third kappa shape index (κ3) is 4.49. The van der Waals surface area contributed by atoms with Gasteiger partial charge < -0.3 is 14.6 Å². The summed E-state index contributed by atoms with van der Waals surface area (Å²) in [6, 6.07) is 14.8. The number of aliphatic hydroxyl groups excluding tert-OH is 1. The number of carbonyl (C=O) groups excluding carboxylic acids is 1. The largest absolute Gasteiger partial charge is 0.495 e. The topological polar surface area (TPSA) is 67.8 Å². The maximum atomic E-state index is 11.8. The van der Waals surface area contributed by atoms with Crippen molar-refractivity contribution in [3.05, 3.63) is 59.7 Å². The Labute approximate surface area is 129 Å². The van der Waals surface area contributed by atoms with Crippen LogP contribution in [0.25, 0.3) is 0 Å². The molecule has 0 aliphatic heterocycles. The summed E-state index contributed by atoms with van der Waals surface area (Å²) in [5, 5.41) is 11.6. The van der Waals surface area contributed by atoms with Crippen molar-refractivity contribution in [1.29, 1.82) is 0 Å². The lowest BCUT2D eigenvalue weighted by Crippen LogP contribution is -2.14. The van der Waals surface area contributed by atoms with Gasteiger partial charge in [0.15, 0.2) is 0 Å². The van der Waals surface area contributed by atoms with Gasteiger partial charge in [0, 0.05) is 6.61 Å². The number of carbonyl (C=O) groups is 1. The molecular weight excluding hydrogens is 282 g/mol. The van der Waals surface area contributed by atoms with Crippen LogP contribution >= 0.6 is 0 Å². The molecule has 0 saturated carbocycles. The van der Waals surface area contributed by atoms with Crippen molar-refractivity contribution in [2.24, 2.45) is 0 Å². The van der Waals surface area contributed by atoms with Crippen molar-refractivity contribution in [2.45, 2.75) is 13.0 Å². The molecule has 2 rings (SSSR count). The minimum absolute atomic E-state index is 0.0645. The summed E-state index contributed by atoms with van der Waals surface area (Å²) >= 11 is 0. The molecule has 0 heterocycles. The van der Waals surface area contributed by atoms with Gasteiger partial charge in [0.2, 0.25) is 0 Å². The maximum absolute atomic E-state index is 11.8. The molecule has 0 aromatic heterocycles. The van der Waals surface area contributed by atoms with Gasteiger partial charge in [0.1, 0.15) is 12.4 Å². The highest BCUT2D eigenvalue weighted by Crippen LogP contribution is 2.26. The molecule has 0 radical (unpaired) electrons. The minimum atomic E-state index is -0.544. The van der Waals surface area contributed by atoms with Crippen LogP contribution in [0.5, 0.6) is 5.75 Å². The first-order valence-electron chi connectivity index (χ1n) is 6.98. The summed E-state index contributed by atoms with van der Waals surface area (Å²) < 4.78 is 10.4. The van der Waals surface area contributed by atoms with Crippen molar-refractivity contribution in [3.63, 3.8) is 0 Å². The van der Waals surface area contributed by atoms with E-state index in [-0.39, 0.29) is 13.2 Å². The van der Waals surface area contributed by atoms with Crippen LogP contribution in [0.1, 0.15) is 11.1 Å². The summed E-state index contributed by atoms with van der Waals surface area (Å²) in [5.41, 5.74) is 2.38. The predicted molar refractivity (Wildman–Crippen MR) is 84.0 cm³/mol. The summed E-state index contributed by atoms with van der Waals surface area (Å²) in [4.78, 5) is 11.8. The van der Waals surface area contributed by atoms with E-state index in [1.807, 2.05) is 36.4 Å². The van der Waals surface area contributed by atoms with Crippen LogP contribution in [0.2, 0.25) is 0 Å². The Morgan fingerprint density at radius 2 is 1.91 bits per heavy atom. The average Bonchev–Trinajstić information content (AvgIpc) is 2.55. The van der Waals surface area contributed by atoms with Crippen LogP contribution < -0.4 is 10.1 Å². The Hall–Kier alpha value is -2.53. The molecule has 2 aromatic carbocycles. The molecule has 0 aliphatic rings. The summed E-state index contributed by atoms with van der Waals surface area (Å²) in [6.45, 7) is 0.270. The fourth-order valence-electron chi connectivity index (χ4n) is 1.99. The number of hydrogen-bond acceptors (Lipinski definition) is 4. The zero-order chi connectivity index (χ0) is 15.8. The van der Waals surface area contributed by atoms with Gasteiger partial charge in [0.05, 0.1) is 12.8 Å². The van der Waals surface area contributed by atoms with Crippen LogP contribution in [-0.4, -0.2) is 24.9 Å². The highest BCUT2D eigenvalue weighted by atomic mass is 16.5. The lowest BCUT2D eigenvalue weighted by molar-refractivity contribution is 0.155. The first-order chi connectivity index (χ1) is 10.7. The van der Waals surface area contributed by atoms with Crippen molar-refractivity contribution < 1.29 is 19.4 Å². The second-order valence-electron chi connectivity index (χ2n) is 4.69. The van der Waals surface area contributed by atoms with E-state index < -0.39 is 6.09 Å². The lowest BCUT2D eigenvalue weighted by atomic mass is 10.1. The highest BCUT2D eigenvalue weighted by Gasteiger charge is 2.09. The molecule has 5 heteroatoms. The number of hydrogen-bond donors (Lipinski definition) is 2. The summed E-state index contributed by atoms with van der Waals surface area (Å²) in [5.74, 6) is 0.530. The van der Waals surface area contributed by atoms with E-state index in [1.54, 1.807) is 12.1 Å². The minimum Gasteiger partial charge on any atom is -0.495 e. The molecule has 0 unspecified atom stereocenters. The SMILES string of the molecule is COc1cc(CCO)ccc1NC(=O)OCc1ccccc1. The molecule has 2 aromatic rings. The third-order valence-electron chi connectivity index (χ3n) is 3.12.